The average molecular weight is 232 g/mol. The van der Waals surface area contributed by atoms with Crippen molar-refractivity contribution in [1.82, 2.24) is 4.90 Å². The van der Waals surface area contributed by atoms with Crippen molar-refractivity contribution < 1.29 is 0 Å². The summed E-state index contributed by atoms with van der Waals surface area (Å²) in [7, 11) is 0. The second-order valence-corrected chi connectivity index (χ2v) is 4.77. The number of nitrogens with zero attached hydrogens (tertiary/aromatic N) is 1. The first-order valence-corrected chi connectivity index (χ1v) is 6.35. The molecule has 0 spiro atoms. The van der Waals surface area contributed by atoms with Gasteiger partial charge in [-0.3, -0.25) is 4.90 Å². The van der Waals surface area contributed by atoms with Gasteiger partial charge in [0.15, 0.2) is 0 Å². The molecule has 2 aliphatic rings. The van der Waals surface area contributed by atoms with Gasteiger partial charge >= 0.3 is 0 Å². The summed E-state index contributed by atoms with van der Waals surface area (Å²) >= 11 is 3.62. The van der Waals surface area contributed by atoms with Crippen molar-refractivity contribution in [3.05, 3.63) is 0 Å². The van der Waals surface area contributed by atoms with Gasteiger partial charge in [-0.2, -0.15) is 0 Å². The van der Waals surface area contributed by atoms with Crippen LogP contribution >= 0.6 is 15.9 Å². The van der Waals surface area contributed by atoms with Crippen LogP contribution < -0.4 is 0 Å². The number of hydrogen-bond acceptors (Lipinski definition) is 1. The summed E-state index contributed by atoms with van der Waals surface area (Å²) in [5.41, 5.74) is 0. The molecular formula is C10H18BrN. The lowest BCUT2D eigenvalue weighted by Gasteiger charge is -2.29. The van der Waals surface area contributed by atoms with Crippen LogP contribution in [0.3, 0.4) is 0 Å². The minimum atomic E-state index is 0.855. The van der Waals surface area contributed by atoms with Gasteiger partial charge in [-0.25, -0.2) is 0 Å². The average Bonchev–Trinajstić information content (AvgIpc) is 2.74. The largest absolute Gasteiger partial charge is 0.297 e. The molecule has 1 aliphatic carbocycles. The second kappa shape index (κ2) is 4.10. The molecule has 0 aromatic rings. The first kappa shape index (κ1) is 9.01. The maximum Gasteiger partial charge on any atom is 0.0196 e. The summed E-state index contributed by atoms with van der Waals surface area (Å²) < 4.78 is 0. The molecule has 0 aromatic heterocycles. The van der Waals surface area contributed by atoms with Gasteiger partial charge in [-0.15, -0.1) is 0 Å². The predicted octanol–water partition coefficient (Wildman–Crippen LogP) is 2.79. The molecule has 1 saturated heterocycles. The van der Waals surface area contributed by atoms with Crippen molar-refractivity contribution in [1.29, 1.82) is 0 Å². The lowest BCUT2D eigenvalue weighted by Crippen LogP contribution is -2.38. The maximum absolute atomic E-state index is 3.62. The van der Waals surface area contributed by atoms with Crippen LogP contribution in [0.25, 0.3) is 0 Å². The Morgan fingerprint density at radius 2 is 1.83 bits per heavy atom. The third kappa shape index (κ3) is 1.69. The minimum Gasteiger partial charge on any atom is -0.297 e. The van der Waals surface area contributed by atoms with E-state index in [1.165, 1.54) is 50.4 Å². The summed E-state index contributed by atoms with van der Waals surface area (Å²) in [4.78, 5) is 2.75. The highest BCUT2D eigenvalue weighted by atomic mass is 79.9. The van der Waals surface area contributed by atoms with Crippen LogP contribution in [-0.2, 0) is 0 Å². The molecule has 1 saturated carbocycles. The monoisotopic (exact) mass is 231 g/mol. The number of alkyl halides is 1. The van der Waals surface area contributed by atoms with Crippen LogP contribution in [0.15, 0.2) is 0 Å². The second-order valence-electron chi connectivity index (χ2n) is 4.13. The van der Waals surface area contributed by atoms with Crippen LogP contribution in [0, 0.1) is 0 Å². The molecule has 0 N–H and O–H groups in total. The highest BCUT2D eigenvalue weighted by Gasteiger charge is 2.31. The smallest absolute Gasteiger partial charge is 0.0196 e. The van der Waals surface area contributed by atoms with E-state index in [-0.39, 0.29) is 0 Å². The van der Waals surface area contributed by atoms with Gasteiger partial charge in [-0.1, -0.05) is 28.8 Å². The van der Waals surface area contributed by atoms with Crippen molar-refractivity contribution in [2.24, 2.45) is 0 Å². The molecule has 0 bridgehead atoms. The van der Waals surface area contributed by atoms with Crippen molar-refractivity contribution >= 4 is 15.9 Å². The lowest BCUT2D eigenvalue weighted by molar-refractivity contribution is 0.196. The Balaban J connectivity index is 1.92. The molecule has 1 aliphatic heterocycles. The van der Waals surface area contributed by atoms with E-state index in [4.69, 9.17) is 0 Å². The van der Waals surface area contributed by atoms with Gasteiger partial charge in [-0.05, 0) is 32.2 Å². The third-order valence-electron chi connectivity index (χ3n) is 3.39. The Morgan fingerprint density at radius 3 is 2.50 bits per heavy atom. The molecule has 2 fully saturated rings. The molecule has 70 valence electrons. The Labute approximate surface area is 83.6 Å². The fourth-order valence-electron chi connectivity index (χ4n) is 2.74. The summed E-state index contributed by atoms with van der Waals surface area (Å²) in [6, 6.07) is 1.79. The van der Waals surface area contributed by atoms with Crippen LogP contribution in [-0.4, -0.2) is 28.9 Å². The Kier molecular flexibility index (Phi) is 3.08. The lowest BCUT2D eigenvalue weighted by atomic mass is 10.2. The Bertz CT molecular complexity index is 143. The SMILES string of the molecule is BrCC1CCCN1C1CCCC1. The number of rotatable bonds is 2. The summed E-state index contributed by atoms with van der Waals surface area (Å²) in [5.74, 6) is 0. The number of hydrogen-bond donors (Lipinski definition) is 0. The normalized spacial score (nSPS) is 33.2. The molecule has 2 rings (SSSR count). The van der Waals surface area contributed by atoms with Crippen LogP contribution in [0.5, 0.6) is 0 Å². The third-order valence-corrected chi connectivity index (χ3v) is 4.14. The van der Waals surface area contributed by atoms with E-state index in [1.807, 2.05) is 0 Å². The first-order valence-electron chi connectivity index (χ1n) is 5.23. The van der Waals surface area contributed by atoms with E-state index >= 15 is 0 Å². The van der Waals surface area contributed by atoms with E-state index in [1.54, 1.807) is 0 Å². The zero-order valence-corrected chi connectivity index (χ0v) is 9.22. The van der Waals surface area contributed by atoms with Crippen LogP contribution in [0.2, 0.25) is 0 Å². The standard InChI is InChI=1S/C10H18BrN/c11-8-10-6-3-7-12(10)9-4-1-2-5-9/h9-10H,1-8H2. The molecule has 0 amide bonds. The fraction of sp³-hybridized carbons (Fsp3) is 1.00. The van der Waals surface area contributed by atoms with Gasteiger partial charge < -0.3 is 0 Å². The molecule has 1 atom stereocenters. The minimum absolute atomic E-state index is 0.855. The summed E-state index contributed by atoms with van der Waals surface area (Å²) in [6.45, 7) is 1.36. The highest BCUT2D eigenvalue weighted by molar-refractivity contribution is 9.09. The molecule has 1 unspecified atom stereocenters. The van der Waals surface area contributed by atoms with Gasteiger partial charge in [0.25, 0.3) is 0 Å². The highest BCUT2D eigenvalue weighted by Crippen LogP contribution is 2.30. The zero-order valence-electron chi connectivity index (χ0n) is 7.64. The quantitative estimate of drug-likeness (QED) is 0.662. The molecule has 12 heavy (non-hydrogen) atoms. The van der Waals surface area contributed by atoms with Gasteiger partial charge in [0.2, 0.25) is 0 Å². The zero-order chi connectivity index (χ0) is 8.39. The number of halogens is 1. The predicted molar refractivity (Wildman–Crippen MR) is 55.8 cm³/mol. The molecule has 1 heterocycles. The van der Waals surface area contributed by atoms with Crippen LogP contribution in [0.1, 0.15) is 38.5 Å². The molecular weight excluding hydrogens is 214 g/mol. The Hall–Kier alpha value is 0.440. The van der Waals surface area contributed by atoms with Crippen molar-refractivity contribution in [2.45, 2.75) is 50.6 Å². The van der Waals surface area contributed by atoms with E-state index < -0.39 is 0 Å². The van der Waals surface area contributed by atoms with Crippen molar-refractivity contribution in [3.8, 4) is 0 Å². The summed E-state index contributed by atoms with van der Waals surface area (Å²) in [6.07, 6.45) is 8.70. The maximum atomic E-state index is 3.62. The van der Waals surface area contributed by atoms with Gasteiger partial charge in [0.1, 0.15) is 0 Å². The molecule has 0 aromatic carbocycles. The van der Waals surface area contributed by atoms with Gasteiger partial charge in [0.05, 0.1) is 0 Å². The van der Waals surface area contributed by atoms with Crippen LogP contribution in [0.4, 0.5) is 0 Å². The molecule has 1 nitrogen and oxygen atoms in total. The van der Waals surface area contributed by atoms with E-state index in [9.17, 15) is 0 Å². The van der Waals surface area contributed by atoms with E-state index in [0.717, 1.165) is 12.1 Å². The fourth-order valence-corrected chi connectivity index (χ4v) is 3.44. The van der Waals surface area contributed by atoms with Crippen molar-refractivity contribution in [2.75, 3.05) is 11.9 Å². The van der Waals surface area contributed by atoms with E-state index in [2.05, 4.69) is 20.8 Å². The molecule has 2 heteroatoms. The topological polar surface area (TPSA) is 3.24 Å². The molecule has 0 radical (unpaired) electrons. The first-order chi connectivity index (χ1) is 5.92. The number of likely N-dealkylation sites (tertiary alicyclic amines) is 1. The van der Waals surface area contributed by atoms with Crippen molar-refractivity contribution in [3.63, 3.8) is 0 Å². The van der Waals surface area contributed by atoms with E-state index in [0.29, 0.717) is 0 Å². The Morgan fingerprint density at radius 1 is 1.08 bits per heavy atom. The summed E-state index contributed by atoms with van der Waals surface area (Å²) in [5, 5.41) is 1.18. The van der Waals surface area contributed by atoms with Gasteiger partial charge in [0, 0.05) is 17.4 Å².